The summed E-state index contributed by atoms with van der Waals surface area (Å²) < 4.78 is 0.784. The van der Waals surface area contributed by atoms with E-state index in [2.05, 4.69) is 34.9 Å². The van der Waals surface area contributed by atoms with Gasteiger partial charge in [0.15, 0.2) is 0 Å². The Morgan fingerprint density at radius 3 is 2.50 bits per heavy atom. The molecule has 0 heterocycles. The van der Waals surface area contributed by atoms with Crippen LogP contribution in [0.4, 0.5) is 0 Å². The Bertz CT molecular complexity index is 515. The first-order chi connectivity index (χ1) is 9.35. The van der Waals surface area contributed by atoms with Crippen molar-refractivity contribution in [1.82, 2.24) is 9.80 Å². The Labute approximate surface area is 134 Å². The van der Waals surface area contributed by atoms with E-state index in [0.29, 0.717) is 10.6 Å². The van der Waals surface area contributed by atoms with Gasteiger partial charge in [-0.1, -0.05) is 11.6 Å². The maximum atomic E-state index is 12.6. The number of carbonyl (C=O) groups excluding carboxylic acids is 1. The van der Waals surface area contributed by atoms with Crippen LogP contribution in [0.25, 0.3) is 0 Å². The van der Waals surface area contributed by atoms with E-state index in [9.17, 15) is 4.79 Å². The quantitative estimate of drug-likeness (QED) is 0.819. The Morgan fingerprint density at radius 2 is 2.00 bits per heavy atom. The van der Waals surface area contributed by atoms with Crippen LogP contribution in [0.3, 0.4) is 0 Å². The van der Waals surface area contributed by atoms with Crippen LogP contribution in [0.15, 0.2) is 22.7 Å². The first-order valence-corrected chi connectivity index (χ1v) is 7.91. The normalized spacial score (nSPS) is 16.9. The summed E-state index contributed by atoms with van der Waals surface area (Å²) in [6, 6.07) is 5.30. The van der Waals surface area contributed by atoms with Crippen LogP contribution >= 0.6 is 27.5 Å². The summed E-state index contributed by atoms with van der Waals surface area (Å²) in [5.41, 5.74) is 0.753. The molecule has 0 bridgehead atoms. The Morgan fingerprint density at radius 1 is 1.35 bits per heavy atom. The summed E-state index contributed by atoms with van der Waals surface area (Å²) in [5.74, 6) is 0.00694. The molecule has 1 aliphatic rings. The van der Waals surface area contributed by atoms with Gasteiger partial charge in [0, 0.05) is 28.6 Å². The highest BCUT2D eigenvalue weighted by atomic mass is 79.9. The molecule has 0 N–H and O–H groups in total. The Hall–Kier alpha value is -0.580. The van der Waals surface area contributed by atoms with Crippen molar-refractivity contribution >= 4 is 33.4 Å². The van der Waals surface area contributed by atoms with Crippen molar-refractivity contribution in [1.29, 1.82) is 0 Å². The zero-order valence-electron chi connectivity index (χ0n) is 12.1. The smallest absolute Gasteiger partial charge is 0.254 e. The number of likely N-dealkylation sites (N-methyl/N-ethyl adjacent to an activating group) is 2. The lowest BCUT2D eigenvalue weighted by Gasteiger charge is -2.49. The molecule has 3 nitrogen and oxygen atoms in total. The molecule has 20 heavy (non-hydrogen) atoms. The third-order valence-corrected chi connectivity index (χ3v) is 5.20. The topological polar surface area (TPSA) is 23.6 Å². The number of nitrogens with zero attached hydrogens (tertiary/aromatic N) is 2. The number of amides is 1. The number of carbonyl (C=O) groups is 1. The minimum atomic E-state index is 0.00694. The molecule has 1 saturated carbocycles. The fourth-order valence-corrected chi connectivity index (χ4v) is 3.30. The molecule has 1 aromatic carbocycles. The molecule has 2 rings (SSSR count). The van der Waals surface area contributed by atoms with E-state index in [1.807, 2.05) is 13.1 Å². The SMILES string of the molecule is CN(CC1(N(C)C)CCC1)C(=O)c1cc(Cl)ccc1Br. The molecule has 0 aromatic heterocycles. The zero-order valence-corrected chi connectivity index (χ0v) is 14.5. The van der Waals surface area contributed by atoms with Crippen molar-refractivity contribution in [2.45, 2.75) is 24.8 Å². The molecule has 1 aliphatic carbocycles. The van der Waals surface area contributed by atoms with Crippen LogP contribution in [0.2, 0.25) is 5.02 Å². The van der Waals surface area contributed by atoms with E-state index in [0.717, 1.165) is 23.9 Å². The van der Waals surface area contributed by atoms with Gasteiger partial charge in [-0.3, -0.25) is 4.79 Å². The standard InChI is InChI=1S/C15H20BrClN2O/c1-18(2)15(7-4-8-15)10-19(3)14(20)12-9-11(17)5-6-13(12)16/h5-6,9H,4,7-8,10H2,1-3H3. The fraction of sp³-hybridized carbons (Fsp3) is 0.533. The average molecular weight is 360 g/mol. The van der Waals surface area contributed by atoms with Crippen LogP contribution in [0.1, 0.15) is 29.6 Å². The van der Waals surface area contributed by atoms with Gasteiger partial charge in [-0.05, 0) is 67.5 Å². The molecule has 0 aliphatic heterocycles. The minimum absolute atomic E-state index is 0.00694. The molecular weight excluding hydrogens is 340 g/mol. The lowest BCUT2D eigenvalue weighted by Crippen LogP contribution is -2.57. The zero-order chi connectivity index (χ0) is 14.9. The second kappa shape index (κ2) is 6.04. The summed E-state index contributed by atoms with van der Waals surface area (Å²) in [6.07, 6.45) is 3.53. The van der Waals surface area contributed by atoms with Gasteiger partial charge in [0.25, 0.3) is 5.91 Å². The van der Waals surface area contributed by atoms with Gasteiger partial charge in [0.2, 0.25) is 0 Å². The van der Waals surface area contributed by atoms with Gasteiger partial charge >= 0.3 is 0 Å². The van der Waals surface area contributed by atoms with Crippen molar-refractivity contribution in [3.05, 3.63) is 33.3 Å². The molecule has 5 heteroatoms. The summed E-state index contributed by atoms with van der Waals surface area (Å²) in [7, 11) is 6.04. The molecule has 0 saturated heterocycles. The lowest BCUT2D eigenvalue weighted by atomic mass is 9.75. The van der Waals surface area contributed by atoms with Crippen LogP contribution in [0, 0.1) is 0 Å². The second-order valence-corrected chi connectivity index (χ2v) is 7.05. The van der Waals surface area contributed by atoms with E-state index in [1.54, 1.807) is 17.0 Å². The number of halogens is 2. The molecule has 0 unspecified atom stereocenters. The molecule has 110 valence electrons. The minimum Gasteiger partial charge on any atom is -0.340 e. The molecular formula is C15H20BrClN2O. The second-order valence-electron chi connectivity index (χ2n) is 5.76. The van der Waals surface area contributed by atoms with Crippen LogP contribution in [0.5, 0.6) is 0 Å². The van der Waals surface area contributed by atoms with E-state index in [1.165, 1.54) is 6.42 Å². The molecule has 0 radical (unpaired) electrons. The van der Waals surface area contributed by atoms with Gasteiger partial charge in [-0.2, -0.15) is 0 Å². The highest BCUT2D eigenvalue weighted by Gasteiger charge is 2.40. The van der Waals surface area contributed by atoms with Gasteiger partial charge in [0.05, 0.1) is 5.56 Å². The number of rotatable bonds is 4. The van der Waals surface area contributed by atoms with Crippen molar-refractivity contribution in [3.8, 4) is 0 Å². The van der Waals surface area contributed by atoms with E-state index >= 15 is 0 Å². The highest BCUT2D eigenvalue weighted by Crippen LogP contribution is 2.37. The lowest BCUT2D eigenvalue weighted by molar-refractivity contribution is 0.0252. The predicted octanol–water partition coefficient (Wildman–Crippen LogP) is 3.66. The van der Waals surface area contributed by atoms with E-state index < -0.39 is 0 Å². The molecule has 1 aromatic rings. The highest BCUT2D eigenvalue weighted by molar-refractivity contribution is 9.10. The first kappa shape index (κ1) is 15.8. The third kappa shape index (κ3) is 3.02. The Balaban J connectivity index is 2.14. The van der Waals surface area contributed by atoms with Crippen molar-refractivity contribution in [2.75, 3.05) is 27.7 Å². The fourth-order valence-electron chi connectivity index (χ4n) is 2.71. The molecule has 0 atom stereocenters. The van der Waals surface area contributed by atoms with Crippen LogP contribution in [-0.2, 0) is 0 Å². The average Bonchev–Trinajstić information content (AvgIpc) is 2.35. The number of hydrogen-bond acceptors (Lipinski definition) is 2. The van der Waals surface area contributed by atoms with Crippen molar-refractivity contribution in [2.24, 2.45) is 0 Å². The van der Waals surface area contributed by atoms with E-state index in [4.69, 9.17) is 11.6 Å². The van der Waals surface area contributed by atoms with Gasteiger partial charge in [-0.15, -0.1) is 0 Å². The van der Waals surface area contributed by atoms with Crippen LogP contribution in [-0.4, -0.2) is 48.9 Å². The molecule has 0 spiro atoms. The van der Waals surface area contributed by atoms with Crippen molar-refractivity contribution in [3.63, 3.8) is 0 Å². The largest absolute Gasteiger partial charge is 0.340 e. The van der Waals surface area contributed by atoms with Gasteiger partial charge in [-0.25, -0.2) is 0 Å². The number of benzene rings is 1. The third-order valence-electron chi connectivity index (χ3n) is 4.27. The molecule has 1 amide bonds. The maximum Gasteiger partial charge on any atom is 0.254 e. The maximum absolute atomic E-state index is 12.6. The predicted molar refractivity (Wildman–Crippen MR) is 86.4 cm³/mol. The Kier molecular flexibility index (Phi) is 4.77. The summed E-state index contributed by atoms with van der Waals surface area (Å²) in [6.45, 7) is 0.748. The van der Waals surface area contributed by atoms with Gasteiger partial charge < -0.3 is 9.80 Å². The number of hydrogen-bond donors (Lipinski definition) is 0. The summed E-state index contributed by atoms with van der Waals surface area (Å²) in [5, 5.41) is 0.580. The summed E-state index contributed by atoms with van der Waals surface area (Å²) >= 11 is 9.41. The van der Waals surface area contributed by atoms with Gasteiger partial charge in [0.1, 0.15) is 0 Å². The summed E-state index contributed by atoms with van der Waals surface area (Å²) in [4.78, 5) is 16.6. The van der Waals surface area contributed by atoms with Crippen LogP contribution < -0.4 is 0 Å². The monoisotopic (exact) mass is 358 g/mol. The van der Waals surface area contributed by atoms with E-state index in [-0.39, 0.29) is 11.4 Å². The first-order valence-electron chi connectivity index (χ1n) is 6.74. The molecule has 1 fully saturated rings. The van der Waals surface area contributed by atoms with Crippen molar-refractivity contribution < 1.29 is 4.79 Å².